The molecule has 1 aromatic carbocycles. The molecule has 0 unspecified atom stereocenters. The first-order valence-corrected chi connectivity index (χ1v) is 7.83. The molecule has 3 N–H and O–H groups in total. The van der Waals surface area contributed by atoms with Gasteiger partial charge in [0.05, 0.1) is 5.69 Å². The molecule has 2 heterocycles. The summed E-state index contributed by atoms with van der Waals surface area (Å²) in [7, 11) is 0. The maximum absolute atomic E-state index is 12.5. The number of para-hydroxylation sites is 1. The number of carbonyl (C=O) groups excluding carboxylic acids is 1. The van der Waals surface area contributed by atoms with E-state index in [0.29, 0.717) is 10.6 Å². The van der Waals surface area contributed by atoms with Crippen LogP contribution in [-0.2, 0) is 0 Å². The lowest BCUT2D eigenvalue weighted by molar-refractivity contribution is 0.103. The smallest absolute Gasteiger partial charge is 0.267 e. The van der Waals surface area contributed by atoms with Crippen LogP contribution in [0.25, 0.3) is 10.2 Å². The third-order valence-corrected chi connectivity index (χ3v) is 5.01. The van der Waals surface area contributed by atoms with Gasteiger partial charge in [0.1, 0.15) is 9.71 Å². The molecule has 0 aliphatic carbocycles. The second-order valence-corrected chi connectivity index (χ2v) is 6.29. The zero-order valence-corrected chi connectivity index (χ0v) is 13.5. The number of carbonyl (C=O) groups is 1. The van der Waals surface area contributed by atoms with Gasteiger partial charge in [0.2, 0.25) is 0 Å². The van der Waals surface area contributed by atoms with Crippen molar-refractivity contribution >= 4 is 38.8 Å². The number of pyridine rings is 1. The van der Waals surface area contributed by atoms with Crippen molar-refractivity contribution in [1.29, 1.82) is 0 Å². The Morgan fingerprint density at radius 2 is 1.82 bits per heavy atom. The van der Waals surface area contributed by atoms with E-state index in [1.165, 1.54) is 11.3 Å². The van der Waals surface area contributed by atoms with Crippen molar-refractivity contribution in [2.75, 3.05) is 11.1 Å². The number of fused-ring (bicyclic) bond motifs is 1. The Labute approximate surface area is 133 Å². The Kier molecular flexibility index (Phi) is 3.58. The highest BCUT2D eigenvalue weighted by atomic mass is 32.1. The first-order valence-electron chi connectivity index (χ1n) is 7.01. The van der Waals surface area contributed by atoms with Crippen molar-refractivity contribution in [3.05, 3.63) is 52.0 Å². The number of benzene rings is 1. The van der Waals surface area contributed by atoms with Crippen LogP contribution >= 0.6 is 11.3 Å². The molecule has 0 aliphatic heterocycles. The number of nitrogen functional groups attached to an aromatic ring is 1. The first-order chi connectivity index (χ1) is 10.5. The van der Waals surface area contributed by atoms with Crippen LogP contribution in [-0.4, -0.2) is 10.9 Å². The number of aromatic nitrogens is 1. The predicted molar refractivity (Wildman–Crippen MR) is 92.6 cm³/mol. The van der Waals surface area contributed by atoms with E-state index in [-0.39, 0.29) is 5.91 Å². The topological polar surface area (TPSA) is 68.0 Å². The summed E-state index contributed by atoms with van der Waals surface area (Å²) >= 11 is 1.34. The summed E-state index contributed by atoms with van der Waals surface area (Å²) in [6, 6.07) is 9.35. The number of nitrogens with zero attached hydrogens (tertiary/aromatic N) is 1. The van der Waals surface area contributed by atoms with Crippen molar-refractivity contribution in [2.24, 2.45) is 0 Å². The molecule has 0 saturated carbocycles. The Morgan fingerprint density at radius 3 is 2.50 bits per heavy atom. The molecule has 0 bridgehead atoms. The van der Waals surface area contributed by atoms with E-state index in [2.05, 4.69) is 10.3 Å². The quantitative estimate of drug-likeness (QED) is 0.750. The van der Waals surface area contributed by atoms with Crippen molar-refractivity contribution in [3.63, 3.8) is 0 Å². The van der Waals surface area contributed by atoms with Crippen molar-refractivity contribution in [2.45, 2.75) is 20.8 Å². The fourth-order valence-corrected chi connectivity index (χ4v) is 3.54. The van der Waals surface area contributed by atoms with Crippen LogP contribution in [0.2, 0.25) is 0 Å². The minimum atomic E-state index is -0.193. The van der Waals surface area contributed by atoms with Crippen LogP contribution in [0.15, 0.2) is 30.3 Å². The van der Waals surface area contributed by atoms with Crippen LogP contribution in [0.4, 0.5) is 11.4 Å². The molecule has 2 aromatic heterocycles. The molecule has 3 aromatic rings. The Hall–Kier alpha value is -2.40. The Balaban J connectivity index is 2.06. The van der Waals surface area contributed by atoms with Gasteiger partial charge in [0.25, 0.3) is 5.91 Å². The van der Waals surface area contributed by atoms with Gasteiger partial charge in [0.15, 0.2) is 0 Å². The van der Waals surface area contributed by atoms with E-state index >= 15 is 0 Å². The fraction of sp³-hybridized carbons (Fsp3) is 0.176. The molecule has 0 spiro atoms. The molecule has 0 aliphatic rings. The van der Waals surface area contributed by atoms with Crippen LogP contribution in [0.1, 0.15) is 26.5 Å². The number of amides is 1. The van der Waals surface area contributed by atoms with Gasteiger partial charge in [-0.3, -0.25) is 4.79 Å². The van der Waals surface area contributed by atoms with Crippen LogP contribution in [0, 0.1) is 20.8 Å². The molecule has 0 saturated heterocycles. The number of nitrogens with one attached hydrogen (secondary N) is 1. The lowest BCUT2D eigenvalue weighted by Crippen LogP contribution is -2.11. The summed E-state index contributed by atoms with van der Waals surface area (Å²) in [5, 5.41) is 3.77. The normalized spacial score (nSPS) is 10.9. The van der Waals surface area contributed by atoms with E-state index in [9.17, 15) is 4.79 Å². The average Bonchev–Trinajstić information content (AvgIpc) is 2.83. The van der Waals surface area contributed by atoms with E-state index in [0.717, 1.165) is 32.7 Å². The second kappa shape index (κ2) is 5.42. The number of aryl methyl sites for hydroxylation is 2. The molecule has 0 fully saturated rings. The standard InChI is InChI=1S/C17H17N3OS/c1-9-10(2)13-14(18)15(22-17(13)19-11(9)3)16(21)20-12-7-5-4-6-8-12/h4-8H,18H2,1-3H3,(H,20,21). The van der Waals surface area contributed by atoms with Crippen molar-refractivity contribution in [1.82, 2.24) is 4.98 Å². The van der Waals surface area contributed by atoms with Gasteiger partial charge in [0, 0.05) is 16.8 Å². The summed E-state index contributed by atoms with van der Waals surface area (Å²) in [4.78, 5) is 18.4. The number of hydrogen-bond donors (Lipinski definition) is 2. The molecule has 3 rings (SSSR count). The Bertz CT molecular complexity index is 869. The fourth-order valence-electron chi connectivity index (χ4n) is 2.45. The molecule has 4 nitrogen and oxygen atoms in total. The van der Waals surface area contributed by atoms with Gasteiger partial charge in [-0.05, 0) is 44.0 Å². The van der Waals surface area contributed by atoms with Crippen LogP contribution in [0.3, 0.4) is 0 Å². The van der Waals surface area contributed by atoms with Crippen molar-refractivity contribution < 1.29 is 4.79 Å². The number of thiophene rings is 1. The third-order valence-electron chi connectivity index (χ3n) is 3.91. The largest absolute Gasteiger partial charge is 0.397 e. The number of nitrogens with two attached hydrogens (primary N) is 1. The second-order valence-electron chi connectivity index (χ2n) is 5.29. The maximum atomic E-state index is 12.5. The molecule has 0 radical (unpaired) electrons. The first kappa shape index (κ1) is 14.5. The van der Waals surface area contributed by atoms with E-state index in [1.807, 2.05) is 51.1 Å². The Morgan fingerprint density at radius 1 is 1.14 bits per heavy atom. The number of anilines is 2. The lowest BCUT2D eigenvalue weighted by Gasteiger charge is -2.06. The molecule has 112 valence electrons. The van der Waals surface area contributed by atoms with Gasteiger partial charge in [-0.1, -0.05) is 18.2 Å². The highest BCUT2D eigenvalue weighted by molar-refractivity contribution is 7.21. The summed E-state index contributed by atoms with van der Waals surface area (Å²) in [5.74, 6) is -0.193. The van der Waals surface area contributed by atoms with Gasteiger partial charge >= 0.3 is 0 Å². The zero-order valence-electron chi connectivity index (χ0n) is 12.7. The number of hydrogen-bond acceptors (Lipinski definition) is 4. The van der Waals surface area contributed by atoms with Gasteiger partial charge in [-0.2, -0.15) is 0 Å². The molecule has 0 atom stereocenters. The van der Waals surface area contributed by atoms with Gasteiger partial charge < -0.3 is 11.1 Å². The summed E-state index contributed by atoms with van der Waals surface area (Å²) < 4.78 is 0. The number of rotatable bonds is 2. The predicted octanol–water partition coefficient (Wildman–Crippen LogP) is 4.06. The third kappa shape index (κ3) is 2.33. The highest BCUT2D eigenvalue weighted by Crippen LogP contribution is 2.36. The molecular formula is C17H17N3OS. The summed E-state index contributed by atoms with van der Waals surface area (Å²) in [6.45, 7) is 6.02. The van der Waals surface area contributed by atoms with Gasteiger partial charge in [-0.25, -0.2) is 4.98 Å². The highest BCUT2D eigenvalue weighted by Gasteiger charge is 2.20. The minimum absolute atomic E-state index is 0.193. The van der Waals surface area contributed by atoms with Crippen molar-refractivity contribution in [3.8, 4) is 0 Å². The maximum Gasteiger partial charge on any atom is 0.267 e. The van der Waals surface area contributed by atoms with Crippen LogP contribution in [0.5, 0.6) is 0 Å². The zero-order chi connectivity index (χ0) is 15.9. The molecular weight excluding hydrogens is 294 g/mol. The van der Waals surface area contributed by atoms with E-state index in [4.69, 9.17) is 5.73 Å². The summed E-state index contributed by atoms with van der Waals surface area (Å²) in [5.41, 5.74) is 10.7. The lowest BCUT2D eigenvalue weighted by atomic mass is 10.1. The monoisotopic (exact) mass is 311 g/mol. The van der Waals surface area contributed by atoms with Crippen LogP contribution < -0.4 is 11.1 Å². The van der Waals surface area contributed by atoms with E-state index < -0.39 is 0 Å². The SMILES string of the molecule is Cc1nc2sc(C(=O)Nc3ccccc3)c(N)c2c(C)c1C. The summed E-state index contributed by atoms with van der Waals surface area (Å²) in [6.07, 6.45) is 0. The average molecular weight is 311 g/mol. The van der Waals surface area contributed by atoms with Gasteiger partial charge in [-0.15, -0.1) is 11.3 Å². The minimum Gasteiger partial charge on any atom is -0.397 e. The molecule has 5 heteroatoms. The molecule has 22 heavy (non-hydrogen) atoms. The molecule has 1 amide bonds. The van der Waals surface area contributed by atoms with E-state index in [1.54, 1.807) is 0 Å².